The van der Waals surface area contributed by atoms with Crippen LogP contribution in [0.15, 0.2) is 121 Å². The van der Waals surface area contributed by atoms with Gasteiger partial charge in [-0.2, -0.15) is 0 Å². The number of benzene rings is 6. The molecule has 0 aliphatic heterocycles. The SMILES string of the molecule is C/C=C\c1c(N)n(-c2ccc(-c3ccc4c5c(cccc35)-c3ccccc3-4)cc2)c2cc3ccccc3cc12. The molecule has 7 aromatic rings. The molecule has 1 aliphatic rings. The Kier molecular flexibility index (Phi) is 4.62. The van der Waals surface area contributed by atoms with Crippen molar-refractivity contribution in [3.63, 3.8) is 0 Å². The van der Waals surface area contributed by atoms with Crippen LogP contribution < -0.4 is 5.73 Å². The molecule has 0 saturated heterocycles. The predicted octanol–water partition coefficient (Wildman–Crippen LogP) is 9.87. The van der Waals surface area contributed by atoms with Crippen LogP contribution in [0.25, 0.3) is 77.6 Å². The van der Waals surface area contributed by atoms with Gasteiger partial charge in [-0.15, -0.1) is 0 Å². The Morgan fingerprint density at radius 2 is 1.23 bits per heavy atom. The molecule has 39 heavy (non-hydrogen) atoms. The van der Waals surface area contributed by atoms with Crippen molar-refractivity contribution < 1.29 is 0 Å². The molecule has 0 fully saturated rings. The van der Waals surface area contributed by atoms with Gasteiger partial charge in [0.15, 0.2) is 0 Å². The van der Waals surface area contributed by atoms with E-state index < -0.39 is 0 Å². The number of fused-ring (bicyclic) bond motifs is 5. The third kappa shape index (κ3) is 3.09. The molecule has 2 N–H and O–H groups in total. The van der Waals surface area contributed by atoms with E-state index in [-0.39, 0.29) is 0 Å². The highest BCUT2D eigenvalue weighted by atomic mass is 15.1. The van der Waals surface area contributed by atoms with Gasteiger partial charge in [-0.05, 0) is 86.1 Å². The maximum absolute atomic E-state index is 6.81. The lowest BCUT2D eigenvalue weighted by atomic mass is 9.94. The van der Waals surface area contributed by atoms with Gasteiger partial charge in [0.25, 0.3) is 0 Å². The lowest BCUT2D eigenvalue weighted by molar-refractivity contribution is 1.14. The van der Waals surface area contributed by atoms with E-state index in [1.165, 1.54) is 60.3 Å². The predicted molar refractivity (Wildman–Crippen MR) is 167 cm³/mol. The van der Waals surface area contributed by atoms with Gasteiger partial charge in [-0.3, -0.25) is 4.57 Å². The number of rotatable bonds is 3. The molecule has 1 heterocycles. The van der Waals surface area contributed by atoms with E-state index >= 15 is 0 Å². The van der Waals surface area contributed by atoms with Gasteiger partial charge in [-0.25, -0.2) is 0 Å². The van der Waals surface area contributed by atoms with E-state index in [0.717, 1.165) is 22.6 Å². The second kappa shape index (κ2) is 8.21. The van der Waals surface area contributed by atoms with Crippen LogP contribution in [0.1, 0.15) is 12.5 Å². The summed E-state index contributed by atoms with van der Waals surface area (Å²) in [7, 11) is 0. The maximum Gasteiger partial charge on any atom is 0.116 e. The largest absolute Gasteiger partial charge is 0.384 e. The van der Waals surface area contributed by atoms with Crippen molar-refractivity contribution in [2.45, 2.75) is 6.92 Å². The number of allylic oxidation sites excluding steroid dienone is 1. The number of nitrogen functional groups attached to an aromatic ring is 1. The molecular formula is C37H26N2. The molecule has 0 bridgehead atoms. The van der Waals surface area contributed by atoms with Crippen molar-refractivity contribution in [3.05, 3.63) is 127 Å². The third-order valence-corrected chi connectivity index (χ3v) is 8.23. The van der Waals surface area contributed by atoms with Crippen LogP contribution in [0.2, 0.25) is 0 Å². The summed E-state index contributed by atoms with van der Waals surface area (Å²) in [6, 6.07) is 41.8. The van der Waals surface area contributed by atoms with Crippen LogP contribution in [0.4, 0.5) is 5.82 Å². The molecular weight excluding hydrogens is 472 g/mol. The first-order valence-electron chi connectivity index (χ1n) is 13.4. The summed E-state index contributed by atoms with van der Waals surface area (Å²) in [5.74, 6) is 0.759. The summed E-state index contributed by atoms with van der Waals surface area (Å²) in [6.45, 7) is 2.04. The van der Waals surface area contributed by atoms with Gasteiger partial charge < -0.3 is 5.73 Å². The van der Waals surface area contributed by atoms with Crippen LogP contribution >= 0.6 is 0 Å². The average Bonchev–Trinajstić information content (AvgIpc) is 3.45. The second-order valence-electron chi connectivity index (χ2n) is 10.3. The fraction of sp³-hybridized carbons (Fsp3) is 0.0270. The lowest BCUT2D eigenvalue weighted by Crippen LogP contribution is -2.00. The number of hydrogen-bond acceptors (Lipinski definition) is 1. The molecule has 8 rings (SSSR count). The van der Waals surface area contributed by atoms with E-state index in [1.807, 2.05) is 6.92 Å². The highest BCUT2D eigenvalue weighted by molar-refractivity contribution is 6.18. The zero-order valence-electron chi connectivity index (χ0n) is 21.6. The quantitative estimate of drug-likeness (QED) is 0.258. The van der Waals surface area contributed by atoms with E-state index in [1.54, 1.807) is 0 Å². The van der Waals surface area contributed by atoms with Crippen LogP contribution in [-0.4, -0.2) is 4.57 Å². The normalized spacial score (nSPS) is 12.2. The van der Waals surface area contributed by atoms with Crippen molar-refractivity contribution in [1.29, 1.82) is 0 Å². The molecule has 0 atom stereocenters. The Labute approximate surface area is 227 Å². The fourth-order valence-electron chi connectivity index (χ4n) is 6.49. The van der Waals surface area contributed by atoms with Crippen LogP contribution in [-0.2, 0) is 0 Å². The maximum atomic E-state index is 6.81. The molecule has 2 heteroatoms. The first kappa shape index (κ1) is 22.0. The number of anilines is 1. The summed E-state index contributed by atoms with van der Waals surface area (Å²) in [5.41, 5.74) is 17.8. The number of hydrogen-bond donors (Lipinski definition) is 1. The van der Waals surface area contributed by atoms with Gasteiger partial charge in [0, 0.05) is 16.6 Å². The van der Waals surface area contributed by atoms with Crippen molar-refractivity contribution >= 4 is 44.3 Å². The minimum absolute atomic E-state index is 0.759. The Hall–Kier alpha value is -5.08. The number of aromatic nitrogens is 1. The van der Waals surface area contributed by atoms with Crippen LogP contribution in [0, 0.1) is 0 Å². The Morgan fingerprint density at radius 1 is 0.590 bits per heavy atom. The van der Waals surface area contributed by atoms with E-state index in [9.17, 15) is 0 Å². The Morgan fingerprint density at radius 3 is 1.97 bits per heavy atom. The van der Waals surface area contributed by atoms with Crippen molar-refractivity contribution in [1.82, 2.24) is 4.57 Å². The molecule has 1 aliphatic carbocycles. The summed E-state index contributed by atoms with van der Waals surface area (Å²) < 4.78 is 2.19. The molecule has 184 valence electrons. The standard InChI is InChI=1S/C37H26N2/c1-2-8-33-34-21-24-9-3-4-10-25(24)22-35(34)39(37(33)38)26-17-15-23(16-18-26)27-19-20-32-29-12-6-5-11-28(29)31-14-7-13-30(27)36(31)32/h2-22H,38H2,1H3/b8-2-. The van der Waals surface area contributed by atoms with E-state index in [2.05, 4.69) is 132 Å². The molecule has 2 nitrogen and oxygen atoms in total. The van der Waals surface area contributed by atoms with Gasteiger partial charge in [0.05, 0.1) is 5.52 Å². The third-order valence-electron chi connectivity index (χ3n) is 8.23. The number of nitrogens with two attached hydrogens (primary N) is 1. The molecule has 0 saturated carbocycles. The average molecular weight is 499 g/mol. The van der Waals surface area contributed by atoms with E-state index in [4.69, 9.17) is 5.73 Å². The van der Waals surface area contributed by atoms with Gasteiger partial charge in [-0.1, -0.05) is 103 Å². The first-order chi connectivity index (χ1) is 19.2. The topological polar surface area (TPSA) is 30.9 Å². The monoisotopic (exact) mass is 498 g/mol. The van der Waals surface area contributed by atoms with Crippen LogP contribution in [0.3, 0.4) is 0 Å². The fourth-order valence-corrected chi connectivity index (χ4v) is 6.49. The minimum atomic E-state index is 0.759. The molecule has 0 radical (unpaired) electrons. The second-order valence-corrected chi connectivity index (χ2v) is 10.3. The number of nitrogens with zero attached hydrogens (tertiary/aromatic N) is 1. The molecule has 0 amide bonds. The van der Waals surface area contributed by atoms with Gasteiger partial charge in [0.2, 0.25) is 0 Å². The molecule has 0 unspecified atom stereocenters. The smallest absolute Gasteiger partial charge is 0.116 e. The van der Waals surface area contributed by atoms with Gasteiger partial charge >= 0.3 is 0 Å². The zero-order chi connectivity index (χ0) is 26.1. The van der Waals surface area contributed by atoms with Crippen LogP contribution in [0.5, 0.6) is 0 Å². The summed E-state index contributed by atoms with van der Waals surface area (Å²) in [4.78, 5) is 0. The minimum Gasteiger partial charge on any atom is -0.384 e. The van der Waals surface area contributed by atoms with E-state index in [0.29, 0.717) is 0 Å². The summed E-state index contributed by atoms with van der Waals surface area (Å²) in [5, 5.41) is 6.24. The van der Waals surface area contributed by atoms with Crippen molar-refractivity contribution in [3.8, 4) is 39.1 Å². The first-order valence-corrected chi connectivity index (χ1v) is 13.4. The molecule has 0 spiro atoms. The Bertz CT molecular complexity index is 2100. The van der Waals surface area contributed by atoms with Gasteiger partial charge in [0.1, 0.15) is 5.82 Å². The summed E-state index contributed by atoms with van der Waals surface area (Å²) >= 11 is 0. The highest BCUT2D eigenvalue weighted by Gasteiger charge is 2.22. The Balaban J connectivity index is 1.29. The molecule has 6 aromatic carbocycles. The summed E-state index contributed by atoms with van der Waals surface area (Å²) in [6.07, 6.45) is 4.17. The molecule has 1 aromatic heterocycles. The van der Waals surface area contributed by atoms with Crippen molar-refractivity contribution in [2.75, 3.05) is 5.73 Å². The highest BCUT2D eigenvalue weighted by Crippen LogP contribution is 2.49. The zero-order valence-corrected chi connectivity index (χ0v) is 21.6. The van der Waals surface area contributed by atoms with Crippen molar-refractivity contribution in [2.24, 2.45) is 0 Å². The lowest BCUT2D eigenvalue weighted by Gasteiger charge is -2.12.